The second-order valence-electron chi connectivity index (χ2n) is 3.02. The first-order valence-electron chi connectivity index (χ1n) is 4.19. The lowest BCUT2D eigenvalue weighted by atomic mass is 10.1. The Bertz CT molecular complexity index is 341. The molecule has 0 aliphatic heterocycles. The normalized spacial score (nSPS) is 11.5. The molecule has 0 unspecified atom stereocenters. The summed E-state index contributed by atoms with van der Waals surface area (Å²) in [6.45, 7) is 0.840. The molecular weight excluding hydrogens is 209 g/mol. The van der Waals surface area contributed by atoms with Crippen molar-refractivity contribution in [2.75, 3.05) is 6.61 Å². The first-order chi connectivity index (χ1) is 6.88. The molecule has 1 aromatic rings. The number of carbonyl (C=O) groups excluding carboxylic acids is 1. The first-order valence-corrected chi connectivity index (χ1v) is 4.19. The van der Waals surface area contributed by atoms with E-state index in [9.17, 15) is 18.0 Å². The fourth-order valence-corrected chi connectivity index (χ4v) is 0.970. The van der Waals surface area contributed by atoms with Crippen molar-refractivity contribution in [1.29, 1.82) is 0 Å². The summed E-state index contributed by atoms with van der Waals surface area (Å²) >= 11 is 0. The largest absolute Gasteiger partial charge is 0.522 e. The maximum Gasteiger partial charge on any atom is 0.522 e. The molecule has 1 rings (SSSR count). The Labute approximate surface area is 84.7 Å². The van der Waals surface area contributed by atoms with Crippen LogP contribution in [0.3, 0.4) is 0 Å². The molecule has 0 heterocycles. The number of rotatable bonds is 3. The quantitative estimate of drug-likeness (QED) is 0.729. The van der Waals surface area contributed by atoms with Gasteiger partial charge in [-0.15, -0.1) is 13.2 Å². The minimum Gasteiger partial charge on any atom is -0.292 e. The van der Waals surface area contributed by atoms with Crippen LogP contribution in [0.15, 0.2) is 24.3 Å². The van der Waals surface area contributed by atoms with Crippen molar-refractivity contribution in [3.05, 3.63) is 35.4 Å². The van der Waals surface area contributed by atoms with Gasteiger partial charge in [0.25, 0.3) is 0 Å². The average Bonchev–Trinajstić information content (AvgIpc) is 2.14. The van der Waals surface area contributed by atoms with Crippen LogP contribution in [0.4, 0.5) is 13.2 Å². The highest BCUT2D eigenvalue weighted by atomic mass is 19.4. The number of hydrogen-bond acceptors (Lipinski definition) is 2. The van der Waals surface area contributed by atoms with Crippen LogP contribution in [0.2, 0.25) is 0 Å². The summed E-state index contributed by atoms with van der Waals surface area (Å²) in [5.41, 5.74) is 1.15. The molecule has 0 atom stereocenters. The van der Waals surface area contributed by atoms with Gasteiger partial charge in [-0.3, -0.25) is 9.53 Å². The maximum absolute atomic E-state index is 11.6. The topological polar surface area (TPSA) is 26.3 Å². The highest BCUT2D eigenvalue weighted by molar-refractivity contribution is 5.97. The van der Waals surface area contributed by atoms with Crippen LogP contribution in [0.1, 0.15) is 15.9 Å². The van der Waals surface area contributed by atoms with E-state index in [0.717, 1.165) is 5.56 Å². The number of benzene rings is 1. The van der Waals surface area contributed by atoms with Crippen LogP contribution >= 0.6 is 0 Å². The highest BCUT2D eigenvalue weighted by Crippen LogP contribution is 2.16. The second kappa shape index (κ2) is 4.44. The van der Waals surface area contributed by atoms with Crippen LogP contribution in [-0.2, 0) is 4.74 Å². The molecule has 0 aliphatic rings. The average molecular weight is 218 g/mol. The first kappa shape index (κ1) is 11.7. The van der Waals surface area contributed by atoms with E-state index < -0.39 is 18.8 Å². The molecule has 0 aliphatic carbocycles. The smallest absolute Gasteiger partial charge is 0.292 e. The fourth-order valence-electron chi connectivity index (χ4n) is 0.970. The standard InChI is InChI=1S/C10H9F3O2/c1-7-2-4-8(5-3-7)9(14)6-15-10(11,12)13/h2-5H,6H2,1H3. The molecule has 0 bridgehead atoms. The number of alkyl halides is 3. The van der Waals surface area contributed by atoms with Crippen molar-refractivity contribution >= 4 is 5.78 Å². The molecule has 5 heteroatoms. The molecule has 0 amide bonds. The molecule has 2 nitrogen and oxygen atoms in total. The number of aryl methyl sites for hydroxylation is 1. The van der Waals surface area contributed by atoms with Crippen molar-refractivity contribution in [3.63, 3.8) is 0 Å². The summed E-state index contributed by atoms with van der Waals surface area (Å²) in [7, 11) is 0. The Morgan fingerprint density at radius 2 is 1.80 bits per heavy atom. The molecule has 0 saturated carbocycles. The minimum atomic E-state index is -4.76. The Morgan fingerprint density at radius 1 is 1.27 bits per heavy atom. The van der Waals surface area contributed by atoms with Gasteiger partial charge >= 0.3 is 6.36 Å². The van der Waals surface area contributed by atoms with Gasteiger partial charge < -0.3 is 0 Å². The number of halogens is 3. The van der Waals surface area contributed by atoms with Crippen LogP contribution in [0.5, 0.6) is 0 Å². The lowest BCUT2D eigenvalue weighted by Gasteiger charge is -2.06. The van der Waals surface area contributed by atoms with Crippen LogP contribution in [-0.4, -0.2) is 18.8 Å². The fraction of sp³-hybridized carbons (Fsp3) is 0.300. The van der Waals surface area contributed by atoms with Gasteiger partial charge in [0.1, 0.15) is 6.61 Å². The molecule has 1 aromatic carbocycles. The van der Waals surface area contributed by atoms with Gasteiger partial charge in [0.15, 0.2) is 5.78 Å². The molecule has 0 N–H and O–H groups in total. The molecule has 0 spiro atoms. The van der Waals surface area contributed by atoms with Crippen molar-refractivity contribution in [1.82, 2.24) is 0 Å². The van der Waals surface area contributed by atoms with E-state index in [2.05, 4.69) is 4.74 Å². The van der Waals surface area contributed by atoms with E-state index in [4.69, 9.17) is 0 Å². The second-order valence-corrected chi connectivity index (χ2v) is 3.02. The lowest BCUT2D eigenvalue weighted by molar-refractivity contribution is -0.318. The van der Waals surface area contributed by atoms with Gasteiger partial charge in [-0.05, 0) is 6.92 Å². The van der Waals surface area contributed by atoms with E-state index in [1.807, 2.05) is 6.92 Å². The van der Waals surface area contributed by atoms with E-state index in [1.165, 1.54) is 12.1 Å². The number of hydrogen-bond donors (Lipinski definition) is 0. The van der Waals surface area contributed by atoms with Gasteiger partial charge in [0.2, 0.25) is 0 Å². The number of ether oxygens (including phenoxy) is 1. The molecule has 82 valence electrons. The third-order valence-corrected chi connectivity index (χ3v) is 1.74. The van der Waals surface area contributed by atoms with E-state index in [1.54, 1.807) is 12.1 Å². The van der Waals surface area contributed by atoms with E-state index in [0.29, 0.717) is 0 Å². The summed E-state index contributed by atoms with van der Waals surface area (Å²) in [6, 6.07) is 6.25. The predicted molar refractivity (Wildman–Crippen MR) is 47.5 cm³/mol. The monoisotopic (exact) mass is 218 g/mol. The summed E-state index contributed by atoms with van der Waals surface area (Å²) in [5, 5.41) is 0. The Hall–Kier alpha value is -1.36. The van der Waals surface area contributed by atoms with Gasteiger partial charge in [0, 0.05) is 5.56 Å². The SMILES string of the molecule is Cc1ccc(C(=O)COC(F)(F)F)cc1. The minimum absolute atomic E-state index is 0.213. The van der Waals surface area contributed by atoms with Crippen LogP contribution in [0.25, 0.3) is 0 Å². The maximum atomic E-state index is 11.6. The van der Waals surface area contributed by atoms with Crippen LogP contribution < -0.4 is 0 Å². The number of carbonyl (C=O) groups is 1. The molecule has 0 radical (unpaired) electrons. The summed E-state index contributed by atoms with van der Waals surface area (Å²) < 4.78 is 38.3. The highest BCUT2D eigenvalue weighted by Gasteiger charge is 2.30. The Balaban J connectivity index is 2.58. The third-order valence-electron chi connectivity index (χ3n) is 1.74. The molecule has 0 saturated heterocycles. The van der Waals surface area contributed by atoms with Crippen LogP contribution in [0, 0.1) is 6.92 Å². The van der Waals surface area contributed by atoms with Gasteiger partial charge in [-0.25, -0.2) is 0 Å². The lowest BCUT2D eigenvalue weighted by Crippen LogP contribution is -2.19. The number of Topliss-reactive ketones (excluding diaryl/α,β-unsaturated/α-hetero) is 1. The number of ketones is 1. The van der Waals surface area contributed by atoms with Gasteiger partial charge in [0.05, 0.1) is 0 Å². The van der Waals surface area contributed by atoms with Crippen molar-refractivity contribution in [2.45, 2.75) is 13.3 Å². The molecule has 0 fully saturated rings. The summed E-state index contributed by atoms with van der Waals surface area (Å²) in [6.07, 6.45) is -4.76. The zero-order valence-electron chi connectivity index (χ0n) is 7.97. The summed E-state index contributed by atoms with van der Waals surface area (Å²) in [4.78, 5) is 11.2. The van der Waals surface area contributed by atoms with Crippen molar-refractivity contribution < 1.29 is 22.7 Å². The molecule has 0 aromatic heterocycles. The van der Waals surface area contributed by atoms with E-state index >= 15 is 0 Å². The molecular formula is C10H9F3O2. The zero-order chi connectivity index (χ0) is 11.5. The van der Waals surface area contributed by atoms with Gasteiger partial charge in [-0.1, -0.05) is 29.8 Å². The van der Waals surface area contributed by atoms with Gasteiger partial charge in [-0.2, -0.15) is 0 Å². The zero-order valence-corrected chi connectivity index (χ0v) is 7.97. The van der Waals surface area contributed by atoms with Crippen molar-refractivity contribution in [2.24, 2.45) is 0 Å². The summed E-state index contributed by atoms with van der Waals surface area (Å²) in [5.74, 6) is -0.688. The molecule has 15 heavy (non-hydrogen) atoms. The predicted octanol–water partition coefficient (Wildman–Crippen LogP) is 2.71. The van der Waals surface area contributed by atoms with E-state index in [-0.39, 0.29) is 5.56 Å². The van der Waals surface area contributed by atoms with Crippen molar-refractivity contribution in [3.8, 4) is 0 Å². The Morgan fingerprint density at radius 3 is 2.27 bits per heavy atom. The Kier molecular flexibility index (Phi) is 3.47. The third kappa shape index (κ3) is 4.12.